The van der Waals surface area contributed by atoms with E-state index in [0.717, 1.165) is 0 Å². The third-order valence-electron chi connectivity index (χ3n) is 12.1. The van der Waals surface area contributed by atoms with Crippen molar-refractivity contribution in [1.82, 2.24) is 36.5 Å². The van der Waals surface area contributed by atoms with Crippen LogP contribution in [0, 0.1) is 5.92 Å². The molecule has 1 saturated carbocycles. The predicted molar refractivity (Wildman–Crippen MR) is 249 cm³/mol. The quantitative estimate of drug-likeness (QED) is 0.0132. The van der Waals surface area contributed by atoms with E-state index in [1.54, 1.807) is 6.92 Å². The van der Waals surface area contributed by atoms with Crippen LogP contribution in [0.4, 0.5) is 0 Å². The molecule has 0 spiro atoms. The van der Waals surface area contributed by atoms with Gasteiger partial charge in [-0.25, -0.2) is 20.0 Å². The van der Waals surface area contributed by atoms with Crippen molar-refractivity contribution >= 4 is 47.3 Å². The smallest absolute Gasteiger partial charge is 0.333 e. The second-order valence-corrected chi connectivity index (χ2v) is 18.0. The molecule has 1 aliphatic carbocycles. The van der Waals surface area contributed by atoms with E-state index in [-0.39, 0.29) is 76.4 Å². The summed E-state index contributed by atoms with van der Waals surface area (Å²) in [5.74, 6) is -5.12. The number of methoxy groups -OCH3 is 1. The first-order chi connectivity index (χ1) is 33.6. The molecule has 0 radical (unpaired) electrons. The summed E-state index contributed by atoms with van der Waals surface area (Å²) in [5, 5.41) is 75.6. The predicted octanol–water partition coefficient (Wildman–Crippen LogP) is -0.638. The number of hydrogen-bond acceptors (Lipinski definition) is 18. The Hall–Kier alpha value is -4.86. The maximum absolute atomic E-state index is 13.5. The monoisotopic (exact) mass is 1020 g/mol. The number of hydroxylamine groups is 6. The molecule has 0 bridgehead atoms. The molecule has 2 fully saturated rings. The van der Waals surface area contributed by atoms with Crippen molar-refractivity contribution in [3.05, 3.63) is 12.2 Å². The molecule has 10 unspecified atom stereocenters. The van der Waals surface area contributed by atoms with Gasteiger partial charge in [0.1, 0.15) is 37.1 Å². The molecule has 25 heteroatoms. The molecule has 1 saturated heterocycles. The van der Waals surface area contributed by atoms with Gasteiger partial charge in [0.05, 0.1) is 30.3 Å². The van der Waals surface area contributed by atoms with Gasteiger partial charge >= 0.3 is 5.97 Å². The number of hydrogen-bond donors (Lipinski definition) is 10. The minimum atomic E-state index is -1.58. The number of aliphatic hydroxyl groups is 3. The maximum atomic E-state index is 13.5. The van der Waals surface area contributed by atoms with Gasteiger partial charge in [-0.3, -0.25) is 49.2 Å². The normalized spacial score (nSPS) is 23.9. The zero-order valence-corrected chi connectivity index (χ0v) is 41.8. The first kappa shape index (κ1) is 62.3. The highest BCUT2D eigenvalue weighted by atomic mass is 16.6. The van der Waals surface area contributed by atoms with Crippen molar-refractivity contribution in [3.8, 4) is 0 Å². The van der Waals surface area contributed by atoms with Crippen molar-refractivity contribution in [2.24, 2.45) is 5.92 Å². The lowest BCUT2D eigenvalue weighted by Crippen LogP contribution is -2.66. The Morgan fingerprint density at radius 2 is 1.14 bits per heavy atom. The summed E-state index contributed by atoms with van der Waals surface area (Å²) in [5.41, 5.74) is 0.128. The van der Waals surface area contributed by atoms with Crippen LogP contribution in [0.3, 0.4) is 0 Å². The fourth-order valence-electron chi connectivity index (χ4n) is 8.00. The van der Waals surface area contributed by atoms with Crippen LogP contribution < -0.4 is 21.3 Å². The van der Waals surface area contributed by atoms with Gasteiger partial charge < -0.3 is 55.5 Å². The van der Waals surface area contributed by atoms with Gasteiger partial charge in [0, 0.05) is 91.5 Å². The average molecular weight is 1020 g/mol. The Balaban J connectivity index is 1.67. The van der Waals surface area contributed by atoms with Gasteiger partial charge in [-0.2, -0.15) is 0 Å². The Labute approximate surface area is 414 Å². The van der Waals surface area contributed by atoms with Gasteiger partial charge in [0.15, 0.2) is 0 Å². The second-order valence-electron chi connectivity index (χ2n) is 18.0. The minimum Gasteiger partial charge on any atom is -0.459 e. The molecular weight excluding hydrogens is 939 g/mol. The topological polar surface area (TPSA) is 353 Å². The number of nitrogens with one attached hydrogen (secondary N) is 4. The van der Waals surface area contributed by atoms with Crippen molar-refractivity contribution in [3.63, 3.8) is 0 Å². The number of aliphatic hydroxyl groups excluding tert-OH is 3. The molecule has 10 atom stereocenters. The summed E-state index contributed by atoms with van der Waals surface area (Å²) in [4.78, 5) is 97.5. The van der Waals surface area contributed by atoms with Crippen LogP contribution in [0.5, 0.6) is 0 Å². The summed E-state index contributed by atoms with van der Waals surface area (Å²) >= 11 is 0. The van der Waals surface area contributed by atoms with E-state index in [1.807, 2.05) is 0 Å². The third kappa shape index (κ3) is 22.6. The van der Waals surface area contributed by atoms with Gasteiger partial charge in [0.25, 0.3) is 0 Å². The summed E-state index contributed by atoms with van der Waals surface area (Å²) < 4.78 is 22.7. The lowest BCUT2D eigenvalue weighted by molar-refractivity contribution is -0.246. The van der Waals surface area contributed by atoms with Crippen molar-refractivity contribution < 1.29 is 88.2 Å². The number of unbranched alkanes of at least 4 members (excludes halogenated alkanes) is 6. The largest absolute Gasteiger partial charge is 0.459 e. The van der Waals surface area contributed by atoms with Gasteiger partial charge in [-0.15, -0.1) is 0 Å². The van der Waals surface area contributed by atoms with E-state index in [9.17, 15) is 69.3 Å². The molecule has 7 amide bonds. The molecule has 1 aliphatic heterocycles. The lowest BCUT2D eigenvalue weighted by Gasteiger charge is -2.47. The molecule has 2 rings (SSSR count). The van der Waals surface area contributed by atoms with E-state index in [2.05, 4.69) is 27.8 Å². The fourth-order valence-corrected chi connectivity index (χ4v) is 8.00. The minimum absolute atomic E-state index is 0.0204. The SMILES string of the molecule is C=C(C)C(=O)OCC1OC(C)C(NC(C)=O)C(OC2CC(C(=O)NCCCCCN(O)C(=O)CCC(=O)NCCCCCN(O)C(=O)CCC(=O)NCCCCCN(O)C(C)=O)C(OC)C(O)C2O)C1O. The zero-order chi connectivity index (χ0) is 53.2. The molecule has 0 aromatic rings. The van der Waals surface area contributed by atoms with E-state index in [0.29, 0.717) is 86.1 Å². The van der Waals surface area contributed by atoms with Crippen LogP contribution >= 0.6 is 0 Å². The highest BCUT2D eigenvalue weighted by Crippen LogP contribution is 2.34. The van der Waals surface area contributed by atoms with Crippen LogP contribution in [0.1, 0.15) is 118 Å². The maximum Gasteiger partial charge on any atom is 0.333 e. The summed E-state index contributed by atoms with van der Waals surface area (Å²) in [6.07, 6.45) is -6.12. The number of carbonyl (C=O) groups is 8. The van der Waals surface area contributed by atoms with Crippen LogP contribution in [0.25, 0.3) is 0 Å². The first-order valence-corrected chi connectivity index (χ1v) is 24.3. The fraction of sp³-hybridized carbons (Fsp3) is 0.783. The Morgan fingerprint density at radius 1 is 0.648 bits per heavy atom. The van der Waals surface area contributed by atoms with Crippen molar-refractivity contribution in [2.45, 2.75) is 172 Å². The first-order valence-electron chi connectivity index (χ1n) is 24.3. The van der Waals surface area contributed by atoms with Crippen LogP contribution in [0.15, 0.2) is 12.2 Å². The van der Waals surface area contributed by atoms with Crippen LogP contribution in [-0.4, -0.2) is 201 Å². The number of carbonyl (C=O) groups excluding carboxylic acids is 8. The van der Waals surface area contributed by atoms with Gasteiger partial charge in [0.2, 0.25) is 41.4 Å². The molecular formula is C46H79N7O18. The van der Waals surface area contributed by atoms with Crippen LogP contribution in [0.2, 0.25) is 0 Å². The second kappa shape index (κ2) is 33.0. The van der Waals surface area contributed by atoms with E-state index in [1.165, 1.54) is 27.9 Å². The van der Waals surface area contributed by atoms with Crippen molar-refractivity contribution in [2.75, 3.05) is 53.0 Å². The summed E-state index contributed by atoms with van der Waals surface area (Å²) in [6.45, 7) is 9.82. The van der Waals surface area contributed by atoms with Crippen LogP contribution in [-0.2, 0) is 57.3 Å². The third-order valence-corrected chi connectivity index (χ3v) is 12.1. The molecule has 25 nitrogen and oxygen atoms in total. The number of nitrogens with zero attached hydrogens (tertiary/aromatic N) is 3. The average Bonchev–Trinajstić information content (AvgIpc) is 3.32. The zero-order valence-electron chi connectivity index (χ0n) is 41.8. The van der Waals surface area contributed by atoms with E-state index >= 15 is 0 Å². The Kier molecular flexibility index (Phi) is 28.9. The summed E-state index contributed by atoms with van der Waals surface area (Å²) in [6, 6.07) is -0.934. The molecule has 2 aliphatic rings. The molecule has 71 heavy (non-hydrogen) atoms. The highest BCUT2D eigenvalue weighted by Gasteiger charge is 2.51. The number of esters is 1. The number of rotatable bonds is 32. The van der Waals surface area contributed by atoms with E-state index < -0.39 is 102 Å². The molecule has 1 heterocycles. The Morgan fingerprint density at radius 3 is 1.61 bits per heavy atom. The van der Waals surface area contributed by atoms with E-state index in [4.69, 9.17) is 18.9 Å². The number of amides is 7. The molecule has 406 valence electrons. The molecule has 0 aromatic carbocycles. The Bertz CT molecular complexity index is 1740. The lowest BCUT2D eigenvalue weighted by atomic mass is 9.79. The standard InChI is InChI=1S/C46H79N7O18/c1-28(2)46(64)69-27-34-41(61)44(39(29(3)70-34)50-30(4)54)71-33-26-32(43(68-6)42(62)40(33)60)45(63)49-22-12-9-15-25-53(67)38(59)19-17-36(57)48-21-11-8-14-24-52(66)37(58)18-16-35(56)47-20-10-7-13-23-51(65)31(5)55/h29,32-34,39-44,60-62,65-67H,1,7-27H2,2-6H3,(H,47,56)(H,48,57)(H,49,63)(H,50,54). The van der Waals surface area contributed by atoms with Gasteiger partial charge in [-0.1, -0.05) is 6.58 Å². The molecule has 0 aromatic heterocycles. The van der Waals surface area contributed by atoms with Gasteiger partial charge in [-0.05, 0) is 78.1 Å². The number of ether oxygens (including phenoxy) is 4. The van der Waals surface area contributed by atoms with Crippen molar-refractivity contribution in [1.29, 1.82) is 0 Å². The molecule has 10 N–H and O–H groups in total. The highest BCUT2D eigenvalue weighted by molar-refractivity contribution is 5.87. The summed E-state index contributed by atoms with van der Waals surface area (Å²) in [7, 11) is 1.28.